The van der Waals surface area contributed by atoms with Crippen molar-refractivity contribution in [3.05, 3.63) is 47.8 Å². The Morgan fingerprint density at radius 3 is 2.85 bits per heavy atom. The second kappa shape index (κ2) is 6.69. The summed E-state index contributed by atoms with van der Waals surface area (Å²) in [4.78, 5) is 26.6. The van der Waals surface area contributed by atoms with Crippen LogP contribution in [0.4, 0.5) is 5.82 Å². The fraction of sp³-hybridized carbons (Fsp3) is 0.238. The second-order valence-corrected chi connectivity index (χ2v) is 6.72. The maximum atomic E-state index is 12.0. The number of hydrogen-bond acceptors (Lipinski definition) is 5. The number of rotatable bonds is 1. The Balaban J connectivity index is 1.71. The van der Waals surface area contributed by atoms with Crippen molar-refractivity contribution in [2.24, 2.45) is 5.92 Å². The zero-order valence-corrected chi connectivity index (χ0v) is 15.2. The van der Waals surface area contributed by atoms with Crippen molar-refractivity contribution >= 4 is 22.8 Å². The first kappa shape index (κ1) is 17.0. The number of likely N-dealkylation sites (tertiary alicyclic amines) is 1. The molecule has 27 heavy (non-hydrogen) atoms. The first-order valence-corrected chi connectivity index (χ1v) is 8.77. The molecule has 1 saturated heterocycles. The Bertz CT molecular complexity index is 1110. The number of amides is 1. The summed E-state index contributed by atoms with van der Waals surface area (Å²) < 4.78 is 0. The first-order valence-electron chi connectivity index (χ1n) is 8.77. The minimum Gasteiger partial charge on any atom is -0.382 e. The molecular formula is C21H19N5O. The number of benzene rings is 1. The molecule has 6 nitrogen and oxygen atoms in total. The zero-order chi connectivity index (χ0) is 19.0. The minimum absolute atomic E-state index is 0.0986. The van der Waals surface area contributed by atoms with Crippen LogP contribution in [0.1, 0.15) is 17.5 Å². The Labute approximate surface area is 157 Å². The minimum atomic E-state index is -0.213. The summed E-state index contributed by atoms with van der Waals surface area (Å²) >= 11 is 0. The summed E-state index contributed by atoms with van der Waals surface area (Å²) in [5.74, 6) is 6.51. The Morgan fingerprint density at radius 1 is 1.22 bits per heavy atom. The van der Waals surface area contributed by atoms with Crippen LogP contribution in [0, 0.1) is 24.7 Å². The van der Waals surface area contributed by atoms with Crippen LogP contribution in [0.15, 0.2) is 36.7 Å². The highest BCUT2D eigenvalue weighted by molar-refractivity contribution is 5.86. The van der Waals surface area contributed by atoms with Gasteiger partial charge in [-0.25, -0.2) is 15.0 Å². The third kappa shape index (κ3) is 3.20. The van der Waals surface area contributed by atoms with Crippen LogP contribution in [0.3, 0.4) is 0 Å². The largest absolute Gasteiger partial charge is 0.382 e. The van der Waals surface area contributed by atoms with Crippen molar-refractivity contribution in [1.82, 2.24) is 19.9 Å². The van der Waals surface area contributed by atoms with Crippen molar-refractivity contribution in [2.75, 3.05) is 19.3 Å². The topological polar surface area (TPSA) is 85.0 Å². The number of nitrogens with two attached hydrogens (primary N) is 1. The van der Waals surface area contributed by atoms with E-state index >= 15 is 0 Å². The molecule has 2 aromatic heterocycles. The molecule has 3 heterocycles. The van der Waals surface area contributed by atoms with Crippen LogP contribution in [0.5, 0.6) is 0 Å². The highest BCUT2D eigenvalue weighted by Crippen LogP contribution is 2.26. The summed E-state index contributed by atoms with van der Waals surface area (Å²) in [6.45, 7) is 2.79. The summed E-state index contributed by atoms with van der Waals surface area (Å²) in [5.41, 5.74) is 10.9. The molecule has 0 saturated carbocycles. The van der Waals surface area contributed by atoms with Crippen molar-refractivity contribution in [2.45, 2.75) is 13.3 Å². The van der Waals surface area contributed by atoms with E-state index in [2.05, 4.69) is 26.8 Å². The second-order valence-electron chi connectivity index (χ2n) is 6.72. The van der Waals surface area contributed by atoms with Crippen LogP contribution in [0.2, 0.25) is 0 Å². The number of nitrogen functional groups attached to an aromatic ring is 1. The van der Waals surface area contributed by atoms with Crippen LogP contribution in [-0.2, 0) is 4.79 Å². The average molecular weight is 357 g/mol. The van der Waals surface area contributed by atoms with Gasteiger partial charge in [-0.2, -0.15) is 0 Å². The van der Waals surface area contributed by atoms with Gasteiger partial charge in [-0.3, -0.25) is 4.79 Å². The van der Waals surface area contributed by atoms with Crippen LogP contribution >= 0.6 is 0 Å². The normalized spacial score (nSPS) is 16.4. The van der Waals surface area contributed by atoms with Gasteiger partial charge in [0.25, 0.3) is 0 Å². The zero-order valence-electron chi connectivity index (χ0n) is 15.2. The van der Waals surface area contributed by atoms with E-state index in [1.807, 2.05) is 44.3 Å². The predicted molar refractivity (Wildman–Crippen MR) is 105 cm³/mol. The lowest BCUT2D eigenvalue weighted by Gasteiger charge is -2.08. The van der Waals surface area contributed by atoms with Gasteiger partial charge in [-0.15, -0.1) is 0 Å². The number of fused-ring (bicyclic) bond motifs is 1. The third-order valence-corrected chi connectivity index (χ3v) is 4.84. The van der Waals surface area contributed by atoms with Gasteiger partial charge in [-0.05, 0) is 43.2 Å². The predicted octanol–water partition coefficient (Wildman–Crippen LogP) is 2.41. The molecule has 0 radical (unpaired) electrons. The molecule has 134 valence electrons. The van der Waals surface area contributed by atoms with Gasteiger partial charge in [0, 0.05) is 24.7 Å². The van der Waals surface area contributed by atoms with Gasteiger partial charge in [0.05, 0.1) is 11.2 Å². The molecule has 0 aliphatic carbocycles. The number of nitrogens with zero attached hydrogens (tertiary/aromatic N) is 4. The van der Waals surface area contributed by atoms with E-state index in [0.717, 1.165) is 35.3 Å². The first-order chi connectivity index (χ1) is 13.0. The number of carbonyl (C=O) groups is 1. The number of anilines is 1. The van der Waals surface area contributed by atoms with Gasteiger partial charge in [0.2, 0.25) is 5.91 Å². The number of carbonyl (C=O) groups excluding carboxylic acids is 1. The molecule has 0 bridgehead atoms. The lowest BCUT2D eigenvalue weighted by Crippen LogP contribution is -2.21. The molecule has 4 rings (SSSR count). The molecule has 1 aliphatic heterocycles. The molecule has 1 fully saturated rings. The summed E-state index contributed by atoms with van der Waals surface area (Å²) in [7, 11) is 1.81. The van der Waals surface area contributed by atoms with Gasteiger partial charge < -0.3 is 10.6 Å². The van der Waals surface area contributed by atoms with Crippen molar-refractivity contribution in [3.63, 3.8) is 0 Å². The van der Waals surface area contributed by atoms with Crippen LogP contribution < -0.4 is 5.73 Å². The number of aryl methyl sites for hydroxylation is 1. The molecule has 0 spiro atoms. The Kier molecular flexibility index (Phi) is 4.21. The van der Waals surface area contributed by atoms with Crippen molar-refractivity contribution in [3.8, 4) is 23.1 Å². The van der Waals surface area contributed by atoms with Gasteiger partial charge in [0.15, 0.2) is 5.82 Å². The monoisotopic (exact) mass is 357 g/mol. The maximum absolute atomic E-state index is 12.0. The van der Waals surface area contributed by atoms with E-state index in [0.29, 0.717) is 16.9 Å². The highest BCUT2D eigenvalue weighted by atomic mass is 16.2. The van der Waals surface area contributed by atoms with Gasteiger partial charge in [-0.1, -0.05) is 17.9 Å². The maximum Gasteiger partial charge on any atom is 0.237 e. The summed E-state index contributed by atoms with van der Waals surface area (Å²) in [6.07, 6.45) is 2.22. The molecule has 2 N–H and O–H groups in total. The van der Waals surface area contributed by atoms with E-state index < -0.39 is 0 Å². The molecule has 1 atom stereocenters. The van der Waals surface area contributed by atoms with E-state index in [9.17, 15) is 4.79 Å². The smallest absolute Gasteiger partial charge is 0.237 e. The average Bonchev–Trinajstić information content (AvgIpc) is 2.99. The number of hydrogen-bond donors (Lipinski definition) is 1. The van der Waals surface area contributed by atoms with Crippen molar-refractivity contribution in [1.29, 1.82) is 0 Å². The lowest BCUT2D eigenvalue weighted by atomic mass is 10.0. The van der Waals surface area contributed by atoms with Gasteiger partial charge in [0.1, 0.15) is 17.8 Å². The van der Waals surface area contributed by atoms with E-state index in [4.69, 9.17) is 5.73 Å². The van der Waals surface area contributed by atoms with Crippen molar-refractivity contribution < 1.29 is 4.79 Å². The SMILES string of the molecule is Cc1ccc(C#CC2CCN(C)C2=O)cc1-c1ccc2ncnc(N)c2n1. The third-order valence-electron chi connectivity index (χ3n) is 4.84. The standard InChI is InChI=1S/C21H19N5O/c1-13-3-4-14(5-6-15-9-10-26(2)21(15)27)11-16(13)17-7-8-18-19(25-17)20(22)24-12-23-18/h3-4,7-8,11-12,15H,9-10H2,1-2H3,(H2,22,23,24). The number of pyridine rings is 1. The fourth-order valence-electron chi connectivity index (χ4n) is 3.21. The molecular weight excluding hydrogens is 338 g/mol. The van der Waals surface area contributed by atoms with Gasteiger partial charge >= 0.3 is 0 Å². The molecule has 1 aliphatic rings. The summed E-state index contributed by atoms with van der Waals surface area (Å²) in [6, 6.07) is 9.79. The Hall–Kier alpha value is -3.46. The van der Waals surface area contributed by atoms with E-state index in [-0.39, 0.29) is 11.8 Å². The van der Waals surface area contributed by atoms with Crippen LogP contribution in [-0.4, -0.2) is 39.4 Å². The molecule has 3 aromatic rings. The lowest BCUT2D eigenvalue weighted by molar-refractivity contribution is -0.128. The van der Waals surface area contributed by atoms with E-state index in [1.165, 1.54) is 6.33 Å². The molecule has 6 heteroatoms. The fourth-order valence-corrected chi connectivity index (χ4v) is 3.21. The van der Waals surface area contributed by atoms with E-state index in [1.54, 1.807) is 4.90 Å². The molecule has 1 amide bonds. The summed E-state index contributed by atoms with van der Waals surface area (Å²) in [5, 5.41) is 0. The molecule has 1 aromatic carbocycles. The quantitative estimate of drug-likeness (QED) is 0.676. The highest BCUT2D eigenvalue weighted by Gasteiger charge is 2.27. The Morgan fingerprint density at radius 2 is 2.07 bits per heavy atom. The van der Waals surface area contributed by atoms with Crippen LogP contribution in [0.25, 0.3) is 22.3 Å². The number of aromatic nitrogens is 3. The molecule has 1 unspecified atom stereocenters.